The van der Waals surface area contributed by atoms with E-state index < -0.39 is 8.80 Å². The number of ether oxygens (including phenoxy) is 2. The fourth-order valence-electron chi connectivity index (χ4n) is 3.37. The Morgan fingerprint density at radius 3 is 2.56 bits per heavy atom. The lowest BCUT2D eigenvalue weighted by atomic mass is 9.91. The Morgan fingerprint density at radius 2 is 1.94 bits per heavy atom. The molecule has 1 aliphatic heterocycles. The Kier molecular flexibility index (Phi) is 5.33. The molecule has 0 radical (unpaired) electrons. The summed E-state index contributed by atoms with van der Waals surface area (Å²) in [5, 5.41) is 0. The molecular formula is C13H26O2Si. The van der Waals surface area contributed by atoms with E-state index in [-0.39, 0.29) is 0 Å². The molecule has 2 unspecified atom stereocenters. The molecule has 0 bridgehead atoms. The molecule has 0 aromatic carbocycles. The minimum absolute atomic E-state index is 0.627. The lowest BCUT2D eigenvalue weighted by Gasteiger charge is -2.28. The summed E-state index contributed by atoms with van der Waals surface area (Å²) in [7, 11) is 1.05. The molecule has 0 aromatic rings. The van der Waals surface area contributed by atoms with Crippen molar-refractivity contribution in [2.24, 2.45) is 5.92 Å². The first-order chi connectivity index (χ1) is 7.90. The second kappa shape index (κ2) is 6.77. The van der Waals surface area contributed by atoms with Crippen LogP contribution in [0.3, 0.4) is 0 Å². The van der Waals surface area contributed by atoms with Gasteiger partial charge in [0, 0.05) is 25.7 Å². The van der Waals surface area contributed by atoms with Crippen molar-refractivity contribution in [1.29, 1.82) is 0 Å². The van der Waals surface area contributed by atoms with Gasteiger partial charge in [0.25, 0.3) is 0 Å². The highest BCUT2D eigenvalue weighted by Gasteiger charge is 2.30. The lowest BCUT2D eigenvalue weighted by Crippen LogP contribution is -2.37. The Morgan fingerprint density at radius 1 is 1.12 bits per heavy atom. The van der Waals surface area contributed by atoms with Gasteiger partial charge in [-0.25, -0.2) is 0 Å². The quantitative estimate of drug-likeness (QED) is 0.690. The molecule has 0 aromatic heterocycles. The van der Waals surface area contributed by atoms with Crippen molar-refractivity contribution in [3.05, 3.63) is 0 Å². The van der Waals surface area contributed by atoms with E-state index in [2.05, 4.69) is 0 Å². The SMILES string of the molecule is COC[SiH](CC1CCCCC1)C1CCCO1. The Labute approximate surface area is 101 Å². The summed E-state index contributed by atoms with van der Waals surface area (Å²) in [6, 6.07) is 1.47. The van der Waals surface area contributed by atoms with E-state index in [0.717, 1.165) is 18.8 Å². The standard InChI is InChI=1S/C13H26O2Si/c1-14-11-16(13-8-5-9-15-13)10-12-6-3-2-4-7-12/h12-13,16H,2-11H2,1H3. The predicted octanol–water partition coefficient (Wildman–Crippen LogP) is 2.70. The summed E-state index contributed by atoms with van der Waals surface area (Å²) < 4.78 is 11.3. The smallest absolute Gasteiger partial charge is 0.102 e. The van der Waals surface area contributed by atoms with Crippen LogP contribution in [-0.4, -0.2) is 34.5 Å². The summed E-state index contributed by atoms with van der Waals surface area (Å²) in [4.78, 5) is 0. The molecule has 1 saturated carbocycles. The number of methoxy groups -OCH3 is 1. The molecule has 2 fully saturated rings. The normalized spacial score (nSPS) is 29.4. The van der Waals surface area contributed by atoms with Crippen molar-refractivity contribution in [3.63, 3.8) is 0 Å². The monoisotopic (exact) mass is 242 g/mol. The minimum atomic E-state index is -0.804. The highest BCUT2D eigenvalue weighted by atomic mass is 28.3. The van der Waals surface area contributed by atoms with E-state index >= 15 is 0 Å². The molecule has 94 valence electrons. The van der Waals surface area contributed by atoms with Crippen LogP contribution < -0.4 is 0 Å². The molecule has 1 heterocycles. The second-order valence-electron chi connectivity index (χ2n) is 5.51. The van der Waals surface area contributed by atoms with Crippen molar-refractivity contribution in [2.75, 3.05) is 19.9 Å². The Balaban J connectivity index is 1.80. The van der Waals surface area contributed by atoms with Crippen LogP contribution in [0.15, 0.2) is 0 Å². The van der Waals surface area contributed by atoms with Gasteiger partial charge in [0.1, 0.15) is 8.80 Å². The van der Waals surface area contributed by atoms with Crippen LogP contribution in [0.2, 0.25) is 6.04 Å². The molecule has 2 aliphatic rings. The molecule has 16 heavy (non-hydrogen) atoms. The molecule has 1 saturated heterocycles. The summed E-state index contributed by atoms with van der Waals surface area (Å²) >= 11 is 0. The maximum atomic E-state index is 5.89. The van der Waals surface area contributed by atoms with Gasteiger partial charge in [-0.15, -0.1) is 0 Å². The van der Waals surface area contributed by atoms with E-state index in [1.165, 1.54) is 51.0 Å². The average Bonchev–Trinajstić information content (AvgIpc) is 2.83. The number of hydrogen-bond donors (Lipinski definition) is 0. The van der Waals surface area contributed by atoms with Gasteiger partial charge in [-0.05, 0) is 18.8 Å². The van der Waals surface area contributed by atoms with Gasteiger partial charge < -0.3 is 9.47 Å². The minimum Gasteiger partial charge on any atom is -0.388 e. The summed E-state index contributed by atoms with van der Waals surface area (Å²) in [5.41, 5.74) is 0.627. The van der Waals surface area contributed by atoms with Crippen molar-refractivity contribution < 1.29 is 9.47 Å². The van der Waals surface area contributed by atoms with E-state index in [1.807, 2.05) is 7.11 Å². The summed E-state index contributed by atoms with van der Waals surface area (Å²) in [6.07, 6.45) is 11.0. The van der Waals surface area contributed by atoms with Crippen LogP contribution in [0.1, 0.15) is 44.9 Å². The molecule has 1 aliphatic carbocycles. The van der Waals surface area contributed by atoms with Gasteiger partial charge in [0.05, 0.1) is 0 Å². The van der Waals surface area contributed by atoms with Gasteiger partial charge >= 0.3 is 0 Å². The van der Waals surface area contributed by atoms with Crippen molar-refractivity contribution in [1.82, 2.24) is 0 Å². The largest absolute Gasteiger partial charge is 0.388 e. The third-order valence-electron chi connectivity index (χ3n) is 4.23. The second-order valence-corrected chi connectivity index (χ2v) is 8.58. The number of rotatable bonds is 5. The highest BCUT2D eigenvalue weighted by molar-refractivity contribution is 6.60. The average molecular weight is 242 g/mol. The first-order valence-corrected chi connectivity index (χ1v) is 9.30. The van der Waals surface area contributed by atoms with Gasteiger partial charge in [-0.1, -0.05) is 38.1 Å². The molecule has 2 atom stereocenters. The first kappa shape index (κ1) is 12.6. The van der Waals surface area contributed by atoms with Gasteiger partial charge in [0.2, 0.25) is 0 Å². The molecular weight excluding hydrogens is 216 g/mol. The third-order valence-corrected chi connectivity index (χ3v) is 7.84. The zero-order chi connectivity index (χ0) is 11.2. The molecule has 3 heteroatoms. The zero-order valence-electron chi connectivity index (χ0n) is 10.6. The molecule has 2 rings (SSSR count). The zero-order valence-corrected chi connectivity index (χ0v) is 11.8. The Hall–Kier alpha value is 0.137. The lowest BCUT2D eigenvalue weighted by molar-refractivity contribution is 0.153. The first-order valence-electron chi connectivity index (χ1n) is 7.00. The van der Waals surface area contributed by atoms with Gasteiger partial charge in [0.15, 0.2) is 0 Å². The Bertz CT molecular complexity index is 186. The molecule has 2 nitrogen and oxygen atoms in total. The van der Waals surface area contributed by atoms with E-state index in [4.69, 9.17) is 9.47 Å². The van der Waals surface area contributed by atoms with E-state index in [9.17, 15) is 0 Å². The van der Waals surface area contributed by atoms with Crippen LogP contribution in [0.4, 0.5) is 0 Å². The third kappa shape index (κ3) is 3.57. The van der Waals surface area contributed by atoms with Crippen molar-refractivity contribution >= 4 is 8.80 Å². The van der Waals surface area contributed by atoms with Crippen LogP contribution in [0.5, 0.6) is 0 Å². The maximum absolute atomic E-state index is 5.89. The predicted molar refractivity (Wildman–Crippen MR) is 69.4 cm³/mol. The van der Waals surface area contributed by atoms with Crippen molar-refractivity contribution in [2.45, 2.75) is 56.7 Å². The molecule has 0 spiro atoms. The van der Waals surface area contributed by atoms with Crippen LogP contribution in [-0.2, 0) is 9.47 Å². The van der Waals surface area contributed by atoms with Gasteiger partial charge in [-0.2, -0.15) is 0 Å². The highest BCUT2D eigenvalue weighted by Crippen LogP contribution is 2.30. The van der Waals surface area contributed by atoms with Crippen LogP contribution >= 0.6 is 0 Å². The fraction of sp³-hybridized carbons (Fsp3) is 1.00. The topological polar surface area (TPSA) is 18.5 Å². The molecule has 0 amide bonds. The van der Waals surface area contributed by atoms with Crippen LogP contribution in [0, 0.1) is 5.92 Å². The van der Waals surface area contributed by atoms with Gasteiger partial charge in [-0.3, -0.25) is 0 Å². The summed E-state index contributed by atoms with van der Waals surface area (Å²) in [5.74, 6) is 1.00. The number of hydrogen-bond acceptors (Lipinski definition) is 2. The maximum Gasteiger partial charge on any atom is 0.102 e. The summed E-state index contributed by atoms with van der Waals surface area (Å²) in [6.45, 7) is 1.00. The van der Waals surface area contributed by atoms with Crippen molar-refractivity contribution in [3.8, 4) is 0 Å². The fourth-order valence-corrected chi connectivity index (χ4v) is 6.89. The molecule has 0 N–H and O–H groups in total. The van der Waals surface area contributed by atoms with Crippen LogP contribution in [0.25, 0.3) is 0 Å². The van der Waals surface area contributed by atoms with E-state index in [1.54, 1.807) is 0 Å². The van der Waals surface area contributed by atoms with E-state index in [0.29, 0.717) is 5.73 Å².